The number of hydrogen-bond acceptors (Lipinski definition) is 2. The Bertz CT molecular complexity index is 501. The van der Waals surface area contributed by atoms with Crippen molar-refractivity contribution in [1.29, 1.82) is 0 Å². The number of carbonyl (C=O) groups excluding carboxylic acids is 2. The number of ketones is 2. The molecule has 1 aliphatic carbocycles. The summed E-state index contributed by atoms with van der Waals surface area (Å²) in [6.45, 7) is 1.97. The Morgan fingerprint density at radius 2 is 2.00 bits per heavy atom. The fraction of sp³-hybridized carbons (Fsp3) is 0.231. The summed E-state index contributed by atoms with van der Waals surface area (Å²) in [5.74, 6) is -0.234. The third-order valence-corrected chi connectivity index (χ3v) is 2.94. The second kappa shape index (κ2) is 4.22. The van der Waals surface area contributed by atoms with Gasteiger partial charge in [0.15, 0.2) is 11.6 Å². The van der Waals surface area contributed by atoms with E-state index in [1.807, 2.05) is 6.92 Å². The minimum absolute atomic E-state index is 0.109. The van der Waals surface area contributed by atoms with Crippen LogP contribution in [0, 0.1) is 0 Å². The second-order valence-corrected chi connectivity index (χ2v) is 4.18. The molecule has 0 aromatic heterocycles. The molecule has 2 rings (SSSR count). The highest BCUT2D eigenvalue weighted by molar-refractivity contribution is 6.37. The van der Waals surface area contributed by atoms with E-state index in [2.05, 4.69) is 0 Å². The molecule has 1 aromatic carbocycles. The van der Waals surface area contributed by atoms with E-state index in [9.17, 15) is 9.59 Å². The zero-order valence-corrected chi connectivity index (χ0v) is 9.67. The molecule has 0 fully saturated rings. The summed E-state index contributed by atoms with van der Waals surface area (Å²) in [6.07, 6.45) is 2.89. The molecular weight excluding hydrogens is 224 g/mol. The van der Waals surface area contributed by atoms with Gasteiger partial charge >= 0.3 is 0 Å². The van der Waals surface area contributed by atoms with Crippen molar-refractivity contribution in [2.45, 2.75) is 19.8 Å². The van der Waals surface area contributed by atoms with Gasteiger partial charge in [-0.2, -0.15) is 0 Å². The van der Waals surface area contributed by atoms with Crippen molar-refractivity contribution in [2.24, 2.45) is 0 Å². The molecule has 3 heteroatoms. The molecule has 0 unspecified atom stereocenters. The van der Waals surface area contributed by atoms with Gasteiger partial charge in [-0.3, -0.25) is 9.59 Å². The first kappa shape index (κ1) is 11.1. The van der Waals surface area contributed by atoms with E-state index in [0.29, 0.717) is 28.1 Å². The fourth-order valence-corrected chi connectivity index (χ4v) is 2.14. The van der Waals surface area contributed by atoms with Crippen molar-refractivity contribution in [1.82, 2.24) is 0 Å². The normalized spacial score (nSPS) is 14.8. The second-order valence-electron chi connectivity index (χ2n) is 3.78. The lowest BCUT2D eigenvalue weighted by Gasteiger charge is -2.15. The Hall–Kier alpha value is -1.41. The first-order valence-corrected chi connectivity index (χ1v) is 5.61. The van der Waals surface area contributed by atoms with Crippen LogP contribution in [0.3, 0.4) is 0 Å². The molecule has 1 aromatic rings. The number of allylic oxidation sites excluding steroid dienone is 2. The van der Waals surface area contributed by atoms with Crippen molar-refractivity contribution in [2.75, 3.05) is 0 Å². The number of fused-ring (bicyclic) bond motifs is 1. The van der Waals surface area contributed by atoms with Crippen molar-refractivity contribution in [3.63, 3.8) is 0 Å². The van der Waals surface area contributed by atoms with Crippen LogP contribution in [0.2, 0.25) is 5.02 Å². The first-order chi connectivity index (χ1) is 7.65. The van der Waals surface area contributed by atoms with Crippen molar-refractivity contribution in [3.05, 3.63) is 46.0 Å². The lowest BCUT2D eigenvalue weighted by molar-refractivity contribution is 0.0981. The smallest absolute Gasteiger partial charge is 0.191 e. The summed E-state index contributed by atoms with van der Waals surface area (Å²) in [5.41, 5.74) is 1.34. The standard InChI is InChI=1S/C13H11ClO2/c1-2-4-8-7-11(15)9-5-3-6-10(14)12(9)13(8)16/h3,5-7H,2,4H2,1H3. The Morgan fingerprint density at radius 1 is 1.25 bits per heavy atom. The average Bonchev–Trinajstić information content (AvgIpc) is 2.25. The number of hydrogen-bond donors (Lipinski definition) is 0. The minimum Gasteiger partial charge on any atom is -0.289 e. The van der Waals surface area contributed by atoms with Gasteiger partial charge in [0.1, 0.15) is 0 Å². The Labute approximate surface area is 98.9 Å². The molecule has 0 bridgehead atoms. The highest BCUT2D eigenvalue weighted by atomic mass is 35.5. The van der Waals surface area contributed by atoms with E-state index in [0.717, 1.165) is 6.42 Å². The number of halogens is 1. The van der Waals surface area contributed by atoms with Gasteiger partial charge in [-0.1, -0.05) is 37.1 Å². The van der Waals surface area contributed by atoms with E-state index in [1.165, 1.54) is 6.08 Å². The maximum absolute atomic E-state index is 12.1. The quantitative estimate of drug-likeness (QED) is 0.786. The molecule has 0 aliphatic heterocycles. The van der Waals surface area contributed by atoms with E-state index in [1.54, 1.807) is 18.2 Å². The maximum atomic E-state index is 12.1. The fourth-order valence-electron chi connectivity index (χ4n) is 1.88. The summed E-state index contributed by atoms with van der Waals surface area (Å²) in [6, 6.07) is 4.96. The predicted molar refractivity (Wildman–Crippen MR) is 63.1 cm³/mol. The van der Waals surface area contributed by atoms with Crippen LogP contribution >= 0.6 is 11.6 Å². The van der Waals surface area contributed by atoms with Crippen LogP contribution in [0.1, 0.15) is 40.5 Å². The van der Waals surface area contributed by atoms with E-state index in [-0.39, 0.29) is 11.6 Å². The lowest BCUT2D eigenvalue weighted by atomic mass is 9.88. The minimum atomic E-state index is -0.124. The largest absolute Gasteiger partial charge is 0.289 e. The van der Waals surface area contributed by atoms with Gasteiger partial charge in [0.25, 0.3) is 0 Å². The lowest BCUT2D eigenvalue weighted by Crippen LogP contribution is -2.17. The molecule has 0 saturated heterocycles. The molecule has 0 saturated carbocycles. The van der Waals surface area contributed by atoms with Crippen LogP contribution in [0.25, 0.3) is 0 Å². The van der Waals surface area contributed by atoms with Crippen molar-refractivity contribution >= 4 is 23.2 Å². The number of Topliss-reactive ketones (excluding diaryl/α,β-unsaturated/α-hetero) is 1. The van der Waals surface area contributed by atoms with Crippen LogP contribution in [-0.4, -0.2) is 11.6 Å². The molecule has 1 aliphatic rings. The van der Waals surface area contributed by atoms with Crippen molar-refractivity contribution in [3.8, 4) is 0 Å². The highest BCUT2D eigenvalue weighted by Crippen LogP contribution is 2.29. The van der Waals surface area contributed by atoms with Gasteiger partial charge in [-0.15, -0.1) is 0 Å². The van der Waals surface area contributed by atoms with Crippen LogP contribution < -0.4 is 0 Å². The van der Waals surface area contributed by atoms with Crippen LogP contribution in [0.4, 0.5) is 0 Å². The Morgan fingerprint density at radius 3 is 2.69 bits per heavy atom. The molecule has 0 atom stereocenters. The Balaban J connectivity index is 2.57. The van der Waals surface area contributed by atoms with Gasteiger partial charge in [0.2, 0.25) is 0 Å². The van der Waals surface area contributed by atoms with Gasteiger partial charge < -0.3 is 0 Å². The summed E-state index contributed by atoms with van der Waals surface area (Å²) in [4.78, 5) is 23.8. The van der Waals surface area contributed by atoms with E-state index in [4.69, 9.17) is 11.6 Å². The number of benzene rings is 1. The molecule has 0 heterocycles. The van der Waals surface area contributed by atoms with Crippen LogP contribution in [0.5, 0.6) is 0 Å². The summed E-state index contributed by atoms with van der Waals surface area (Å²) in [7, 11) is 0. The Kier molecular flexibility index (Phi) is 2.92. The predicted octanol–water partition coefficient (Wildman–Crippen LogP) is 3.45. The van der Waals surface area contributed by atoms with Crippen LogP contribution in [-0.2, 0) is 0 Å². The molecule has 0 radical (unpaired) electrons. The molecule has 82 valence electrons. The zero-order chi connectivity index (χ0) is 11.7. The highest BCUT2D eigenvalue weighted by Gasteiger charge is 2.26. The molecule has 16 heavy (non-hydrogen) atoms. The monoisotopic (exact) mass is 234 g/mol. The summed E-state index contributed by atoms with van der Waals surface area (Å²) in [5, 5.41) is 0.359. The zero-order valence-electron chi connectivity index (χ0n) is 8.92. The summed E-state index contributed by atoms with van der Waals surface area (Å²) < 4.78 is 0. The molecule has 0 N–H and O–H groups in total. The molecule has 0 amide bonds. The first-order valence-electron chi connectivity index (χ1n) is 5.23. The van der Waals surface area contributed by atoms with Gasteiger partial charge in [-0.25, -0.2) is 0 Å². The van der Waals surface area contributed by atoms with Crippen LogP contribution in [0.15, 0.2) is 29.8 Å². The average molecular weight is 235 g/mol. The third kappa shape index (κ3) is 1.69. The third-order valence-electron chi connectivity index (χ3n) is 2.62. The number of carbonyl (C=O) groups is 2. The van der Waals surface area contributed by atoms with E-state index >= 15 is 0 Å². The number of rotatable bonds is 2. The van der Waals surface area contributed by atoms with E-state index < -0.39 is 0 Å². The molecule has 2 nitrogen and oxygen atoms in total. The summed E-state index contributed by atoms with van der Waals surface area (Å²) >= 11 is 5.97. The van der Waals surface area contributed by atoms with Gasteiger partial charge in [-0.05, 0) is 18.6 Å². The molecule has 0 spiro atoms. The molecular formula is C13H11ClO2. The van der Waals surface area contributed by atoms with Gasteiger partial charge in [0.05, 0.1) is 10.6 Å². The topological polar surface area (TPSA) is 34.1 Å². The van der Waals surface area contributed by atoms with Gasteiger partial charge in [0, 0.05) is 11.1 Å². The SMILES string of the molecule is CCCC1=CC(=O)c2cccc(Cl)c2C1=O. The van der Waals surface area contributed by atoms with Crippen molar-refractivity contribution < 1.29 is 9.59 Å². The maximum Gasteiger partial charge on any atom is 0.191 e.